The first kappa shape index (κ1) is 13.3. The molecule has 1 heterocycles. The van der Waals surface area contributed by atoms with Crippen LogP contribution in [0.5, 0.6) is 0 Å². The number of pyridine rings is 1. The summed E-state index contributed by atoms with van der Waals surface area (Å²) in [5, 5.41) is 3.57. The third kappa shape index (κ3) is 2.64. The van der Waals surface area contributed by atoms with Crippen molar-refractivity contribution in [3.63, 3.8) is 0 Å². The lowest BCUT2D eigenvalue weighted by Gasteiger charge is -2.33. The maximum Gasteiger partial charge on any atom is 0.107 e. The van der Waals surface area contributed by atoms with E-state index in [0.29, 0.717) is 11.0 Å². The molecule has 1 aliphatic rings. The van der Waals surface area contributed by atoms with Crippen molar-refractivity contribution in [2.24, 2.45) is 11.7 Å². The van der Waals surface area contributed by atoms with Crippen LogP contribution in [0.25, 0.3) is 0 Å². The molecule has 0 spiro atoms. The molecule has 0 aromatic carbocycles. The fraction of sp³-hybridized carbons (Fsp3) is 0.571. The molecule has 1 aromatic heterocycles. The van der Waals surface area contributed by atoms with Gasteiger partial charge in [-0.1, -0.05) is 18.6 Å². The summed E-state index contributed by atoms with van der Waals surface area (Å²) in [4.78, 5) is 4.85. The van der Waals surface area contributed by atoms with Gasteiger partial charge in [-0.2, -0.15) is 0 Å². The molecule has 0 saturated heterocycles. The first-order valence-electron chi connectivity index (χ1n) is 6.53. The Morgan fingerprint density at radius 2 is 2.17 bits per heavy atom. The van der Waals surface area contributed by atoms with E-state index in [9.17, 15) is 0 Å². The minimum atomic E-state index is 0.420. The van der Waals surface area contributed by atoms with E-state index in [1.54, 1.807) is 0 Å². The molecule has 0 amide bonds. The monoisotopic (exact) mass is 263 g/mol. The van der Waals surface area contributed by atoms with E-state index in [4.69, 9.17) is 18.0 Å². The van der Waals surface area contributed by atoms with Gasteiger partial charge in [0.25, 0.3) is 0 Å². The van der Waals surface area contributed by atoms with Crippen molar-refractivity contribution in [3.8, 4) is 0 Å². The van der Waals surface area contributed by atoms with Crippen LogP contribution in [0, 0.1) is 19.8 Å². The number of aryl methyl sites for hydroxylation is 2. The summed E-state index contributed by atoms with van der Waals surface area (Å²) in [6.07, 6.45) is 3.99. The van der Waals surface area contributed by atoms with Crippen LogP contribution in [0.1, 0.15) is 43.1 Å². The molecule has 4 heteroatoms. The van der Waals surface area contributed by atoms with Crippen LogP contribution in [0.15, 0.2) is 6.07 Å². The van der Waals surface area contributed by atoms with Crippen LogP contribution in [0.3, 0.4) is 0 Å². The molecule has 1 unspecified atom stereocenters. The average Bonchev–Trinajstić information content (AvgIpc) is 2.11. The number of nitrogens with two attached hydrogens (primary N) is 1. The van der Waals surface area contributed by atoms with Crippen molar-refractivity contribution in [2.45, 2.75) is 46.1 Å². The number of anilines is 1. The van der Waals surface area contributed by atoms with Crippen molar-refractivity contribution in [1.82, 2.24) is 4.98 Å². The molecule has 2 rings (SSSR count). The van der Waals surface area contributed by atoms with E-state index in [-0.39, 0.29) is 0 Å². The Hall–Kier alpha value is -1.16. The Balaban J connectivity index is 2.27. The lowest BCUT2D eigenvalue weighted by Crippen LogP contribution is -2.32. The van der Waals surface area contributed by atoms with E-state index in [2.05, 4.69) is 17.2 Å². The second-order valence-electron chi connectivity index (χ2n) is 5.26. The first-order valence-corrected chi connectivity index (χ1v) is 6.94. The number of rotatable bonds is 4. The zero-order valence-corrected chi connectivity index (χ0v) is 12.1. The summed E-state index contributed by atoms with van der Waals surface area (Å²) in [6, 6.07) is 2.50. The van der Waals surface area contributed by atoms with Gasteiger partial charge >= 0.3 is 0 Å². The number of hydrogen-bond donors (Lipinski definition) is 2. The smallest absolute Gasteiger partial charge is 0.107 e. The quantitative estimate of drug-likeness (QED) is 0.820. The molecule has 1 atom stereocenters. The predicted molar refractivity (Wildman–Crippen MR) is 80.0 cm³/mol. The lowest BCUT2D eigenvalue weighted by atomic mass is 9.80. The molecule has 1 aliphatic carbocycles. The Kier molecular flexibility index (Phi) is 3.85. The third-order valence-electron chi connectivity index (χ3n) is 3.81. The highest BCUT2D eigenvalue weighted by Crippen LogP contribution is 2.32. The topological polar surface area (TPSA) is 50.9 Å². The Morgan fingerprint density at radius 3 is 2.67 bits per heavy atom. The van der Waals surface area contributed by atoms with E-state index >= 15 is 0 Å². The molecule has 18 heavy (non-hydrogen) atoms. The Bertz CT molecular complexity index is 466. The van der Waals surface area contributed by atoms with Gasteiger partial charge in [0.2, 0.25) is 0 Å². The second-order valence-corrected chi connectivity index (χ2v) is 5.70. The molecule has 0 bridgehead atoms. The molecular formula is C14H21N3S. The van der Waals surface area contributed by atoms with Crippen molar-refractivity contribution < 1.29 is 0 Å². The van der Waals surface area contributed by atoms with E-state index in [1.807, 2.05) is 19.9 Å². The Labute approximate surface area is 114 Å². The number of nitrogens with one attached hydrogen (secondary N) is 1. The van der Waals surface area contributed by atoms with Crippen molar-refractivity contribution in [2.75, 3.05) is 5.32 Å². The lowest BCUT2D eigenvalue weighted by molar-refractivity contribution is 0.285. The summed E-state index contributed by atoms with van der Waals surface area (Å²) < 4.78 is 0. The normalized spacial score (nSPS) is 17.1. The van der Waals surface area contributed by atoms with E-state index < -0.39 is 0 Å². The molecule has 1 fully saturated rings. The number of hydrogen-bond acceptors (Lipinski definition) is 3. The standard InChI is InChI=1S/C14H21N3S/c1-8-7-12(13(14(15)18)10(3)16-8)17-9(2)11-5-4-6-11/h7,9,11H,4-6H2,1-3H3,(H2,15,18)(H,16,17). The van der Waals surface area contributed by atoms with Gasteiger partial charge in [-0.3, -0.25) is 4.98 Å². The highest BCUT2D eigenvalue weighted by Gasteiger charge is 2.24. The molecule has 98 valence electrons. The molecule has 0 radical (unpaired) electrons. The highest BCUT2D eigenvalue weighted by molar-refractivity contribution is 7.80. The molecule has 1 aromatic rings. The van der Waals surface area contributed by atoms with Gasteiger partial charge in [0, 0.05) is 23.1 Å². The summed E-state index contributed by atoms with van der Waals surface area (Å²) in [6.45, 7) is 6.19. The third-order valence-corrected chi connectivity index (χ3v) is 4.02. The van der Waals surface area contributed by atoms with Crippen LogP contribution in [0.2, 0.25) is 0 Å². The predicted octanol–water partition coefficient (Wildman–Crippen LogP) is 2.93. The number of aromatic nitrogens is 1. The number of thiocarbonyl (C=S) groups is 1. The average molecular weight is 263 g/mol. The van der Waals surface area contributed by atoms with Gasteiger partial charge in [0.1, 0.15) is 4.99 Å². The molecule has 0 aliphatic heterocycles. The van der Waals surface area contributed by atoms with Crippen molar-refractivity contribution in [3.05, 3.63) is 23.0 Å². The molecule has 1 saturated carbocycles. The minimum absolute atomic E-state index is 0.420. The fourth-order valence-electron chi connectivity index (χ4n) is 2.56. The van der Waals surface area contributed by atoms with Gasteiger partial charge in [-0.05, 0) is 45.6 Å². The summed E-state index contributed by atoms with van der Waals surface area (Å²) >= 11 is 5.14. The SMILES string of the molecule is Cc1cc(NC(C)C2CCC2)c(C(N)=S)c(C)n1. The van der Waals surface area contributed by atoms with Gasteiger partial charge in [-0.25, -0.2) is 0 Å². The first-order chi connectivity index (χ1) is 8.49. The van der Waals surface area contributed by atoms with Crippen LogP contribution < -0.4 is 11.1 Å². The number of nitrogens with zero attached hydrogens (tertiary/aromatic N) is 1. The Morgan fingerprint density at radius 1 is 1.50 bits per heavy atom. The largest absolute Gasteiger partial charge is 0.389 e. The zero-order valence-electron chi connectivity index (χ0n) is 11.3. The highest BCUT2D eigenvalue weighted by atomic mass is 32.1. The maximum absolute atomic E-state index is 5.82. The van der Waals surface area contributed by atoms with Gasteiger partial charge < -0.3 is 11.1 Å². The second kappa shape index (κ2) is 5.22. The fourth-order valence-corrected chi connectivity index (χ4v) is 2.81. The van der Waals surface area contributed by atoms with Crippen LogP contribution in [-0.2, 0) is 0 Å². The summed E-state index contributed by atoms with van der Waals surface area (Å²) in [7, 11) is 0. The molecule has 3 nitrogen and oxygen atoms in total. The molecular weight excluding hydrogens is 242 g/mol. The minimum Gasteiger partial charge on any atom is -0.389 e. The van der Waals surface area contributed by atoms with Gasteiger partial charge in [0.15, 0.2) is 0 Å². The van der Waals surface area contributed by atoms with Crippen molar-refractivity contribution in [1.29, 1.82) is 0 Å². The van der Waals surface area contributed by atoms with Crippen LogP contribution >= 0.6 is 12.2 Å². The van der Waals surface area contributed by atoms with Crippen LogP contribution in [-0.4, -0.2) is 16.0 Å². The maximum atomic E-state index is 5.82. The van der Waals surface area contributed by atoms with Crippen molar-refractivity contribution >= 4 is 22.9 Å². The summed E-state index contributed by atoms with van der Waals surface area (Å²) in [5.74, 6) is 0.776. The van der Waals surface area contributed by atoms with Gasteiger partial charge in [0.05, 0.1) is 5.56 Å². The van der Waals surface area contributed by atoms with E-state index in [1.165, 1.54) is 19.3 Å². The summed E-state index contributed by atoms with van der Waals surface area (Å²) in [5.41, 5.74) is 9.64. The zero-order chi connectivity index (χ0) is 13.3. The van der Waals surface area contributed by atoms with E-state index in [0.717, 1.165) is 28.6 Å². The van der Waals surface area contributed by atoms with Gasteiger partial charge in [-0.15, -0.1) is 0 Å². The van der Waals surface area contributed by atoms with Crippen LogP contribution in [0.4, 0.5) is 5.69 Å². The molecule has 3 N–H and O–H groups in total.